The first-order valence-electron chi connectivity index (χ1n) is 7.49. The lowest BCUT2D eigenvalue weighted by Crippen LogP contribution is -2.59. The van der Waals surface area contributed by atoms with Crippen molar-refractivity contribution < 1.29 is 17.9 Å². The number of ether oxygens (including phenoxy) is 2. The third-order valence-electron chi connectivity index (χ3n) is 4.51. The Hall–Kier alpha value is -1.15. The van der Waals surface area contributed by atoms with Gasteiger partial charge < -0.3 is 9.47 Å². The number of morpholine rings is 1. The minimum absolute atomic E-state index is 0.118. The Kier molecular flexibility index (Phi) is 4.40. The maximum absolute atomic E-state index is 12.9. The molecule has 0 aliphatic carbocycles. The molecule has 1 aromatic rings. The third-order valence-corrected chi connectivity index (χ3v) is 6.42. The van der Waals surface area contributed by atoms with E-state index in [0.717, 1.165) is 19.6 Å². The van der Waals surface area contributed by atoms with Crippen LogP contribution >= 0.6 is 0 Å². The fraction of sp³-hybridized carbons (Fsp3) is 0.600. The quantitative estimate of drug-likeness (QED) is 0.822. The summed E-state index contributed by atoms with van der Waals surface area (Å²) in [7, 11) is -0.0361. The number of piperidine rings is 1. The van der Waals surface area contributed by atoms with Crippen LogP contribution in [-0.4, -0.2) is 70.2 Å². The molecular weight excluding hydrogens is 304 g/mol. The molecule has 0 bridgehead atoms. The van der Waals surface area contributed by atoms with Gasteiger partial charge in [0.1, 0.15) is 10.6 Å². The Morgan fingerprint density at radius 3 is 2.82 bits per heavy atom. The van der Waals surface area contributed by atoms with Crippen LogP contribution in [0.4, 0.5) is 0 Å². The summed E-state index contributed by atoms with van der Waals surface area (Å²) in [5, 5.41) is 0. The van der Waals surface area contributed by atoms with Crippen molar-refractivity contribution >= 4 is 10.0 Å². The van der Waals surface area contributed by atoms with Crippen LogP contribution in [0.2, 0.25) is 0 Å². The lowest BCUT2D eigenvalue weighted by Gasteiger charge is -2.45. The zero-order valence-corrected chi connectivity index (χ0v) is 13.8. The summed E-state index contributed by atoms with van der Waals surface area (Å²) in [5.41, 5.74) is 0. The number of hydrogen-bond acceptors (Lipinski definition) is 5. The molecule has 2 aliphatic rings. The van der Waals surface area contributed by atoms with Crippen LogP contribution in [0, 0.1) is 0 Å². The lowest BCUT2D eigenvalue weighted by atomic mass is 10.0. The van der Waals surface area contributed by atoms with Crippen molar-refractivity contribution in [2.75, 3.05) is 40.4 Å². The molecule has 7 heteroatoms. The van der Waals surface area contributed by atoms with Gasteiger partial charge in [-0.3, -0.25) is 4.90 Å². The summed E-state index contributed by atoms with van der Waals surface area (Å²) in [6.45, 7) is 2.50. The second-order valence-electron chi connectivity index (χ2n) is 5.76. The smallest absolute Gasteiger partial charge is 0.246 e. The van der Waals surface area contributed by atoms with Crippen molar-refractivity contribution in [1.29, 1.82) is 0 Å². The van der Waals surface area contributed by atoms with E-state index in [2.05, 4.69) is 4.90 Å². The molecule has 0 amide bonds. The van der Waals surface area contributed by atoms with Gasteiger partial charge >= 0.3 is 0 Å². The number of benzene rings is 1. The first-order valence-corrected chi connectivity index (χ1v) is 8.93. The molecule has 22 heavy (non-hydrogen) atoms. The van der Waals surface area contributed by atoms with E-state index in [4.69, 9.17) is 9.47 Å². The van der Waals surface area contributed by atoms with E-state index in [0.29, 0.717) is 18.8 Å². The van der Waals surface area contributed by atoms with Crippen LogP contribution in [-0.2, 0) is 14.8 Å². The van der Waals surface area contributed by atoms with E-state index in [1.165, 1.54) is 7.11 Å². The number of sulfonamides is 1. The third kappa shape index (κ3) is 2.74. The highest BCUT2D eigenvalue weighted by atomic mass is 32.2. The fourth-order valence-corrected chi connectivity index (χ4v) is 4.83. The van der Waals surface area contributed by atoms with Crippen LogP contribution in [0.1, 0.15) is 6.42 Å². The van der Waals surface area contributed by atoms with Gasteiger partial charge in [0.05, 0.1) is 19.8 Å². The SMILES string of the molecule is COc1ccccc1S(=O)(=O)N1CCC2OCCN(C)C2C1. The summed E-state index contributed by atoms with van der Waals surface area (Å²) in [5.74, 6) is 0.387. The van der Waals surface area contributed by atoms with Crippen molar-refractivity contribution in [1.82, 2.24) is 9.21 Å². The number of fused-ring (bicyclic) bond motifs is 1. The molecule has 0 radical (unpaired) electrons. The normalized spacial score (nSPS) is 27.4. The molecule has 2 heterocycles. The maximum Gasteiger partial charge on any atom is 0.246 e. The first kappa shape index (κ1) is 15.7. The molecule has 2 saturated heterocycles. The molecule has 3 rings (SSSR count). The van der Waals surface area contributed by atoms with Gasteiger partial charge in [-0.25, -0.2) is 8.42 Å². The van der Waals surface area contributed by atoms with Crippen molar-refractivity contribution in [3.05, 3.63) is 24.3 Å². The standard InChI is InChI=1S/C15H22N2O4S/c1-16-9-10-21-13-7-8-17(11-12(13)16)22(18,19)15-6-4-3-5-14(15)20-2/h3-6,12-13H,7-11H2,1-2H3. The zero-order chi connectivity index (χ0) is 15.7. The van der Waals surface area contributed by atoms with Gasteiger partial charge in [0.2, 0.25) is 10.0 Å². The Bertz CT molecular complexity index is 634. The number of rotatable bonds is 3. The van der Waals surface area contributed by atoms with Crippen LogP contribution in [0.25, 0.3) is 0 Å². The van der Waals surface area contributed by atoms with Gasteiger partial charge in [-0.15, -0.1) is 0 Å². The van der Waals surface area contributed by atoms with Crippen LogP contribution in [0.3, 0.4) is 0 Å². The molecule has 0 spiro atoms. The van der Waals surface area contributed by atoms with E-state index in [9.17, 15) is 8.42 Å². The molecule has 6 nitrogen and oxygen atoms in total. The van der Waals surface area contributed by atoms with Gasteiger partial charge in [0, 0.05) is 25.7 Å². The summed E-state index contributed by atoms with van der Waals surface area (Å²) in [6.07, 6.45) is 0.853. The lowest BCUT2D eigenvalue weighted by molar-refractivity contribution is -0.0840. The number of likely N-dealkylation sites (N-methyl/N-ethyl adjacent to an activating group) is 1. The van der Waals surface area contributed by atoms with E-state index >= 15 is 0 Å². The second kappa shape index (κ2) is 6.16. The predicted molar refractivity (Wildman–Crippen MR) is 82.5 cm³/mol. The van der Waals surface area contributed by atoms with Gasteiger partial charge in [-0.2, -0.15) is 4.31 Å². The number of methoxy groups -OCH3 is 1. The summed E-state index contributed by atoms with van der Waals surface area (Å²) < 4.78 is 38.4. The largest absolute Gasteiger partial charge is 0.495 e. The maximum atomic E-state index is 12.9. The summed E-state index contributed by atoms with van der Waals surface area (Å²) >= 11 is 0. The number of para-hydroxylation sites is 1. The van der Waals surface area contributed by atoms with Crippen molar-refractivity contribution in [2.45, 2.75) is 23.5 Å². The van der Waals surface area contributed by atoms with Crippen LogP contribution < -0.4 is 4.74 Å². The average molecular weight is 326 g/mol. The Morgan fingerprint density at radius 1 is 1.27 bits per heavy atom. The highest BCUT2D eigenvalue weighted by molar-refractivity contribution is 7.89. The highest BCUT2D eigenvalue weighted by Crippen LogP contribution is 2.30. The van der Waals surface area contributed by atoms with E-state index in [1.54, 1.807) is 28.6 Å². The van der Waals surface area contributed by atoms with E-state index < -0.39 is 10.0 Å². The van der Waals surface area contributed by atoms with Crippen molar-refractivity contribution in [3.63, 3.8) is 0 Å². The first-order chi connectivity index (χ1) is 10.5. The Balaban J connectivity index is 1.87. The molecule has 0 aromatic heterocycles. The van der Waals surface area contributed by atoms with Crippen molar-refractivity contribution in [3.8, 4) is 5.75 Å². The monoisotopic (exact) mass is 326 g/mol. The Morgan fingerprint density at radius 2 is 2.05 bits per heavy atom. The number of hydrogen-bond donors (Lipinski definition) is 0. The summed E-state index contributed by atoms with van der Waals surface area (Å²) in [6, 6.07) is 6.88. The molecule has 1 aromatic carbocycles. The molecule has 122 valence electrons. The minimum Gasteiger partial charge on any atom is -0.495 e. The van der Waals surface area contributed by atoms with Gasteiger partial charge in [0.15, 0.2) is 0 Å². The molecule has 0 saturated carbocycles. The van der Waals surface area contributed by atoms with Crippen LogP contribution in [0.5, 0.6) is 5.75 Å². The predicted octanol–water partition coefficient (Wildman–Crippen LogP) is 0.789. The second-order valence-corrected chi connectivity index (χ2v) is 7.67. The molecular formula is C15H22N2O4S. The molecule has 0 N–H and O–H groups in total. The topological polar surface area (TPSA) is 59.1 Å². The minimum atomic E-state index is -3.55. The van der Waals surface area contributed by atoms with Gasteiger partial charge in [-0.1, -0.05) is 12.1 Å². The summed E-state index contributed by atoms with van der Waals surface area (Å²) in [4.78, 5) is 2.42. The van der Waals surface area contributed by atoms with Crippen LogP contribution in [0.15, 0.2) is 29.2 Å². The average Bonchev–Trinajstić information content (AvgIpc) is 2.55. The molecule has 2 atom stereocenters. The van der Waals surface area contributed by atoms with Gasteiger partial charge in [0.25, 0.3) is 0 Å². The fourth-order valence-electron chi connectivity index (χ4n) is 3.20. The highest BCUT2D eigenvalue weighted by Gasteiger charge is 2.40. The number of nitrogens with zero attached hydrogens (tertiary/aromatic N) is 2. The van der Waals surface area contributed by atoms with E-state index in [1.807, 2.05) is 7.05 Å². The molecule has 2 aliphatic heterocycles. The zero-order valence-electron chi connectivity index (χ0n) is 12.9. The van der Waals surface area contributed by atoms with Crippen molar-refractivity contribution in [2.24, 2.45) is 0 Å². The molecule has 2 fully saturated rings. The van der Waals surface area contributed by atoms with Gasteiger partial charge in [-0.05, 0) is 25.6 Å². The Labute approximate surface area is 131 Å². The molecule has 2 unspecified atom stereocenters. The van der Waals surface area contributed by atoms with E-state index in [-0.39, 0.29) is 17.0 Å².